The highest BCUT2D eigenvalue weighted by Crippen LogP contribution is 2.34. The molecule has 2 rings (SSSR count). The van der Waals surface area contributed by atoms with Crippen LogP contribution in [0.1, 0.15) is 22.1 Å². The van der Waals surface area contributed by atoms with Crippen molar-refractivity contribution < 1.29 is 9.50 Å². The summed E-state index contributed by atoms with van der Waals surface area (Å²) in [5, 5.41) is 12.1. The Morgan fingerprint density at radius 3 is 2.69 bits per heavy atom. The first kappa shape index (κ1) is 11.8. The van der Waals surface area contributed by atoms with E-state index in [-0.39, 0.29) is 0 Å². The fourth-order valence-corrected chi connectivity index (χ4v) is 3.05. The number of benzene rings is 1. The normalized spacial score (nSPS) is 12.8. The first-order chi connectivity index (χ1) is 7.61. The lowest BCUT2D eigenvalue weighted by Gasteiger charge is -2.13. The molecule has 0 saturated carbocycles. The Kier molecular flexibility index (Phi) is 3.42. The van der Waals surface area contributed by atoms with E-state index in [0.717, 1.165) is 10.4 Å². The van der Waals surface area contributed by atoms with Crippen molar-refractivity contribution in [1.82, 2.24) is 0 Å². The van der Waals surface area contributed by atoms with Gasteiger partial charge >= 0.3 is 0 Å². The predicted molar refractivity (Wildman–Crippen MR) is 67.2 cm³/mol. The zero-order chi connectivity index (χ0) is 11.7. The molecular weight excluding hydrogens is 291 g/mol. The van der Waals surface area contributed by atoms with E-state index in [1.807, 2.05) is 18.4 Å². The highest BCUT2D eigenvalue weighted by molar-refractivity contribution is 9.10. The molecular formula is C12H10BrFOS. The van der Waals surface area contributed by atoms with Gasteiger partial charge in [-0.05, 0) is 36.1 Å². The molecule has 0 aliphatic rings. The van der Waals surface area contributed by atoms with Gasteiger partial charge in [0.25, 0.3) is 0 Å². The minimum absolute atomic E-state index is 0.299. The largest absolute Gasteiger partial charge is 0.383 e. The third-order valence-electron chi connectivity index (χ3n) is 2.42. The van der Waals surface area contributed by atoms with E-state index in [2.05, 4.69) is 15.9 Å². The number of hydrogen-bond donors (Lipinski definition) is 1. The quantitative estimate of drug-likeness (QED) is 0.887. The van der Waals surface area contributed by atoms with Crippen molar-refractivity contribution in [3.8, 4) is 0 Å². The standard InChI is InChI=1S/C12H10BrFOS/c1-7-5-6-16-12(7)11(15)10-8(13)3-2-4-9(10)14/h2-6,11,15H,1H3. The van der Waals surface area contributed by atoms with E-state index in [4.69, 9.17) is 0 Å². The number of thiophene rings is 1. The second-order valence-electron chi connectivity index (χ2n) is 3.51. The van der Waals surface area contributed by atoms with Crippen LogP contribution in [-0.4, -0.2) is 5.11 Å². The van der Waals surface area contributed by atoms with Crippen LogP contribution in [0.5, 0.6) is 0 Å². The van der Waals surface area contributed by atoms with E-state index in [9.17, 15) is 9.50 Å². The van der Waals surface area contributed by atoms with Crippen molar-refractivity contribution in [3.05, 3.63) is 55.9 Å². The van der Waals surface area contributed by atoms with Crippen LogP contribution in [-0.2, 0) is 0 Å². The Morgan fingerprint density at radius 1 is 1.38 bits per heavy atom. The van der Waals surface area contributed by atoms with E-state index in [1.165, 1.54) is 17.4 Å². The third-order valence-corrected chi connectivity index (χ3v) is 4.19. The molecule has 0 aliphatic carbocycles. The van der Waals surface area contributed by atoms with Gasteiger partial charge in [-0.15, -0.1) is 11.3 Å². The van der Waals surface area contributed by atoms with Gasteiger partial charge in [-0.2, -0.15) is 0 Å². The molecule has 84 valence electrons. The van der Waals surface area contributed by atoms with Crippen LogP contribution >= 0.6 is 27.3 Å². The van der Waals surface area contributed by atoms with E-state index in [0.29, 0.717) is 10.0 Å². The number of rotatable bonds is 2. The predicted octanol–water partition coefficient (Wildman–Crippen LogP) is 4.04. The van der Waals surface area contributed by atoms with Crippen molar-refractivity contribution in [1.29, 1.82) is 0 Å². The summed E-state index contributed by atoms with van der Waals surface area (Å²) in [6.45, 7) is 1.91. The summed E-state index contributed by atoms with van der Waals surface area (Å²) in [7, 11) is 0. The SMILES string of the molecule is Cc1ccsc1C(O)c1c(F)cccc1Br. The lowest BCUT2D eigenvalue weighted by Crippen LogP contribution is -2.03. The maximum Gasteiger partial charge on any atom is 0.130 e. The molecule has 0 spiro atoms. The molecule has 1 aromatic carbocycles. The lowest BCUT2D eigenvalue weighted by atomic mass is 10.1. The summed E-state index contributed by atoms with van der Waals surface area (Å²) < 4.78 is 14.2. The summed E-state index contributed by atoms with van der Waals surface area (Å²) in [5.74, 6) is -0.394. The van der Waals surface area contributed by atoms with Gasteiger partial charge < -0.3 is 5.11 Å². The molecule has 16 heavy (non-hydrogen) atoms. The minimum Gasteiger partial charge on any atom is -0.383 e. The van der Waals surface area contributed by atoms with Crippen molar-refractivity contribution in [2.75, 3.05) is 0 Å². The molecule has 2 aromatic rings. The molecule has 0 bridgehead atoms. The molecule has 0 fully saturated rings. The molecule has 1 aromatic heterocycles. The van der Waals surface area contributed by atoms with Gasteiger partial charge in [0.2, 0.25) is 0 Å². The van der Waals surface area contributed by atoms with Gasteiger partial charge in [0.15, 0.2) is 0 Å². The van der Waals surface area contributed by atoms with Crippen LogP contribution in [0.25, 0.3) is 0 Å². The number of halogens is 2. The fraction of sp³-hybridized carbons (Fsp3) is 0.167. The molecule has 0 radical (unpaired) electrons. The molecule has 1 unspecified atom stereocenters. The van der Waals surface area contributed by atoms with Crippen LogP contribution in [0.3, 0.4) is 0 Å². The summed E-state index contributed by atoms with van der Waals surface area (Å²) >= 11 is 4.69. The molecule has 0 amide bonds. The second kappa shape index (κ2) is 4.65. The average Bonchev–Trinajstić information content (AvgIpc) is 2.64. The van der Waals surface area contributed by atoms with E-state index >= 15 is 0 Å². The van der Waals surface area contributed by atoms with Gasteiger partial charge in [-0.25, -0.2) is 4.39 Å². The highest BCUT2D eigenvalue weighted by Gasteiger charge is 2.20. The summed E-state index contributed by atoms with van der Waals surface area (Å²) in [4.78, 5) is 0.783. The van der Waals surface area contributed by atoms with Crippen LogP contribution in [0.15, 0.2) is 34.1 Å². The van der Waals surface area contributed by atoms with E-state index < -0.39 is 11.9 Å². The van der Waals surface area contributed by atoms with Gasteiger partial charge in [-0.1, -0.05) is 22.0 Å². The highest BCUT2D eigenvalue weighted by atomic mass is 79.9. The number of aliphatic hydroxyl groups is 1. The zero-order valence-corrected chi connectivity index (χ0v) is 11.0. The summed E-state index contributed by atoms with van der Waals surface area (Å²) in [6.07, 6.45) is -0.907. The average molecular weight is 301 g/mol. The number of hydrogen-bond acceptors (Lipinski definition) is 2. The Hall–Kier alpha value is -0.710. The monoisotopic (exact) mass is 300 g/mol. The van der Waals surface area contributed by atoms with Gasteiger partial charge in [0.05, 0.1) is 0 Å². The van der Waals surface area contributed by atoms with Crippen LogP contribution in [0.4, 0.5) is 4.39 Å². The summed E-state index contributed by atoms with van der Waals surface area (Å²) in [6, 6.07) is 6.60. The maximum atomic E-state index is 13.6. The first-order valence-electron chi connectivity index (χ1n) is 4.77. The maximum absolute atomic E-state index is 13.6. The Bertz CT molecular complexity index is 489. The zero-order valence-electron chi connectivity index (χ0n) is 8.58. The van der Waals surface area contributed by atoms with Crippen LogP contribution in [0.2, 0.25) is 0 Å². The second-order valence-corrected chi connectivity index (χ2v) is 5.31. The van der Waals surface area contributed by atoms with Crippen molar-refractivity contribution in [3.63, 3.8) is 0 Å². The van der Waals surface area contributed by atoms with Crippen molar-refractivity contribution >= 4 is 27.3 Å². The Labute approximate surface area is 106 Å². The first-order valence-corrected chi connectivity index (χ1v) is 6.44. The molecule has 1 heterocycles. The number of aryl methyl sites for hydroxylation is 1. The molecule has 1 atom stereocenters. The third kappa shape index (κ3) is 2.05. The van der Waals surface area contributed by atoms with Crippen molar-refractivity contribution in [2.24, 2.45) is 0 Å². The van der Waals surface area contributed by atoms with E-state index in [1.54, 1.807) is 12.1 Å². The molecule has 0 saturated heterocycles. The topological polar surface area (TPSA) is 20.2 Å². The Balaban J connectivity index is 2.49. The fourth-order valence-electron chi connectivity index (χ4n) is 1.57. The number of aliphatic hydroxyl groups excluding tert-OH is 1. The molecule has 0 aliphatic heterocycles. The Morgan fingerprint density at radius 2 is 2.12 bits per heavy atom. The van der Waals surface area contributed by atoms with Gasteiger partial charge in [0, 0.05) is 14.9 Å². The lowest BCUT2D eigenvalue weighted by molar-refractivity contribution is 0.217. The van der Waals surface area contributed by atoms with Gasteiger partial charge in [-0.3, -0.25) is 0 Å². The molecule has 1 nitrogen and oxygen atoms in total. The smallest absolute Gasteiger partial charge is 0.130 e. The van der Waals surface area contributed by atoms with Gasteiger partial charge in [0.1, 0.15) is 11.9 Å². The van der Waals surface area contributed by atoms with Crippen molar-refractivity contribution in [2.45, 2.75) is 13.0 Å². The van der Waals surface area contributed by atoms with Crippen LogP contribution in [0, 0.1) is 12.7 Å². The van der Waals surface area contributed by atoms with Crippen LogP contribution < -0.4 is 0 Å². The molecule has 1 N–H and O–H groups in total. The molecule has 4 heteroatoms. The summed E-state index contributed by atoms with van der Waals surface area (Å²) in [5.41, 5.74) is 1.28. The minimum atomic E-state index is -0.907.